The molecule has 0 saturated heterocycles. The van der Waals surface area contributed by atoms with E-state index in [-0.39, 0.29) is 31.6 Å². The molecule has 1 aromatic carbocycles. The summed E-state index contributed by atoms with van der Waals surface area (Å²) in [4.78, 5) is 104. The van der Waals surface area contributed by atoms with Crippen molar-refractivity contribution in [3.63, 3.8) is 0 Å². The molecular weight excluding hydrogens is 708 g/mol. The molecule has 54 heavy (non-hydrogen) atoms. The smallest absolute Gasteiger partial charge is 0.326 e. The number of fused-ring (bicyclic) bond motifs is 1. The predicted octanol–water partition coefficient (Wildman–Crippen LogP) is -1.63. The van der Waals surface area contributed by atoms with Gasteiger partial charge in [-0.15, -0.1) is 0 Å². The van der Waals surface area contributed by atoms with Gasteiger partial charge in [-0.1, -0.05) is 52.3 Å². The Hall–Kier alpha value is -5.56. The number of amides is 6. The number of aliphatic hydroxyl groups excluding tert-OH is 1. The number of carboxylic acids is 2. The lowest BCUT2D eigenvalue weighted by molar-refractivity contribution is -0.142. The SMILES string of the molecule is CC[C@H](C)[C@H](NC(=O)[C@H](CC(C)C)NC(=O)[C@@H](N)CCC(=O)O)C(=O)N[C@@H](CC(N)=O)C(=O)N[C@@H](CO)C(=O)N[C@@H](Cc1c[nH]c2ccccc12)C(=O)O. The number of aromatic amines is 1. The highest BCUT2D eigenvalue weighted by Crippen LogP contribution is 2.19. The topological polar surface area (TPSA) is 325 Å². The molecule has 2 rings (SSSR count). The normalized spacial score (nSPS) is 15.1. The molecule has 19 nitrogen and oxygen atoms in total. The minimum Gasteiger partial charge on any atom is -0.481 e. The summed E-state index contributed by atoms with van der Waals surface area (Å²) in [5.41, 5.74) is 12.5. The van der Waals surface area contributed by atoms with Gasteiger partial charge in [-0.2, -0.15) is 0 Å². The van der Waals surface area contributed by atoms with Crippen LogP contribution in [0.3, 0.4) is 0 Å². The van der Waals surface area contributed by atoms with E-state index in [1.807, 2.05) is 0 Å². The third-order valence-electron chi connectivity index (χ3n) is 8.71. The number of nitrogens with two attached hydrogens (primary N) is 2. The van der Waals surface area contributed by atoms with Crippen molar-refractivity contribution in [1.29, 1.82) is 0 Å². The largest absolute Gasteiger partial charge is 0.481 e. The Bertz CT molecular complexity index is 1660. The van der Waals surface area contributed by atoms with E-state index in [9.17, 15) is 48.6 Å². The molecule has 6 amide bonds. The highest BCUT2D eigenvalue weighted by atomic mass is 16.4. The Morgan fingerprint density at radius 2 is 1.35 bits per heavy atom. The summed E-state index contributed by atoms with van der Waals surface area (Å²) in [5, 5.41) is 41.4. The Morgan fingerprint density at radius 3 is 1.93 bits per heavy atom. The number of aliphatic carboxylic acids is 2. The molecule has 0 spiro atoms. The highest BCUT2D eigenvalue weighted by Gasteiger charge is 2.35. The second-order valence-electron chi connectivity index (χ2n) is 13.5. The van der Waals surface area contributed by atoms with Gasteiger partial charge >= 0.3 is 11.9 Å². The number of carbonyl (C=O) groups excluding carboxylic acids is 6. The van der Waals surface area contributed by atoms with Gasteiger partial charge in [-0.25, -0.2) is 4.79 Å². The van der Waals surface area contributed by atoms with Crippen molar-refractivity contribution < 1.29 is 53.7 Å². The number of para-hydroxylation sites is 1. The van der Waals surface area contributed by atoms with E-state index in [0.29, 0.717) is 12.0 Å². The summed E-state index contributed by atoms with van der Waals surface area (Å²) in [6.07, 6.45) is 0.636. The fraction of sp³-hybridized carbons (Fsp3) is 0.543. The zero-order valence-corrected chi connectivity index (χ0v) is 30.7. The first-order chi connectivity index (χ1) is 25.4. The molecule has 13 N–H and O–H groups in total. The summed E-state index contributed by atoms with van der Waals surface area (Å²) in [7, 11) is 0. The summed E-state index contributed by atoms with van der Waals surface area (Å²) >= 11 is 0. The van der Waals surface area contributed by atoms with Crippen LogP contribution in [-0.2, 0) is 44.8 Å². The maximum atomic E-state index is 13.6. The summed E-state index contributed by atoms with van der Waals surface area (Å²) in [5.74, 6) is -8.86. The van der Waals surface area contributed by atoms with Crippen LogP contribution < -0.4 is 38.1 Å². The minimum absolute atomic E-state index is 0.119. The first-order valence-electron chi connectivity index (χ1n) is 17.5. The fourth-order valence-corrected chi connectivity index (χ4v) is 5.48. The van der Waals surface area contributed by atoms with Gasteiger partial charge in [0.15, 0.2) is 0 Å². The van der Waals surface area contributed by atoms with Crippen LogP contribution in [0.15, 0.2) is 30.5 Å². The van der Waals surface area contributed by atoms with Gasteiger partial charge in [0.05, 0.1) is 19.1 Å². The zero-order chi connectivity index (χ0) is 40.7. The molecule has 7 atom stereocenters. The van der Waals surface area contributed by atoms with Gasteiger partial charge in [0, 0.05) is 29.9 Å². The number of H-pyrrole nitrogens is 1. The lowest BCUT2D eigenvalue weighted by Gasteiger charge is -2.29. The number of carboxylic acid groups (broad SMARTS) is 2. The Morgan fingerprint density at radius 1 is 0.778 bits per heavy atom. The standard InChI is InChI=1S/C35H52N8O11/c1-5-18(4)29(43-32(50)23(12-17(2)3)39-30(48)21(36)10-11-28(46)47)34(52)40-24(14-27(37)45)31(49)42-26(16-44)33(51)41-25(35(53)54)13-19-15-38-22-9-7-6-8-20(19)22/h6-9,15,17-18,21,23-26,29,38,44H,5,10-14,16,36H2,1-4H3,(H2,37,45)(H,39,48)(H,40,52)(H,41,51)(H,42,49)(H,43,50)(H,46,47)(H,53,54)/t18-,21-,23-,24-,25-,26-,29-/m0/s1. The third kappa shape index (κ3) is 13.8. The maximum absolute atomic E-state index is 13.6. The van der Waals surface area contributed by atoms with E-state index in [0.717, 1.165) is 10.9 Å². The molecular formula is C35H52N8O11. The Labute approximate surface area is 311 Å². The van der Waals surface area contributed by atoms with Crippen molar-refractivity contribution in [2.45, 2.75) is 102 Å². The molecule has 0 aliphatic carbocycles. The van der Waals surface area contributed by atoms with E-state index in [1.54, 1.807) is 58.2 Å². The molecule has 0 aliphatic rings. The summed E-state index contributed by atoms with van der Waals surface area (Å²) < 4.78 is 0. The highest BCUT2D eigenvalue weighted by molar-refractivity contribution is 5.98. The fourth-order valence-electron chi connectivity index (χ4n) is 5.48. The maximum Gasteiger partial charge on any atom is 0.326 e. The van der Waals surface area contributed by atoms with Crippen molar-refractivity contribution in [2.24, 2.45) is 23.3 Å². The number of aliphatic hydroxyl groups is 1. The van der Waals surface area contributed by atoms with Gasteiger partial charge in [0.25, 0.3) is 0 Å². The zero-order valence-electron chi connectivity index (χ0n) is 30.7. The van der Waals surface area contributed by atoms with Crippen molar-refractivity contribution in [1.82, 2.24) is 31.6 Å². The van der Waals surface area contributed by atoms with Gasteiger partial charge in [0.1, 0.15) is 30.2 Å². The lowest BCUT2D eigenvalue weighted by Crippen LogP contribution is -2.61. The van der Waals surface area contributed by atoms with Crippen LogP contribution in [0.2, 0.25) is 0 Å². The molecule has 0 unspecified atom stereocenters. The van der Waals surface area contributed by atoms with E-state index >= 15 is 0 Å². The van der Waals surface area contributed by atoms with Crippen molar-refractivity contribution >= 4 is 58.3 Å². The number of hydrogen-bond acceptors (Lipinski definition) is 10. The van der Waals surface area contributed by atoms with Crippen LogP contribution in [0.1, 0.15) is 65.4 Å². The Balaban J connectivity index is 2.21. The van der Waals surface area contributed by atoms with Crippen LogP contribution in [0.25, 0.3) is 10.9 Å². The molecule has 19 heteroatoms. The van der Waals surface area contributed by atoms with Crippen LogP contribution in [0, 0.1) is 11.8 Å². The summed E-state index contributed by atoms with van der Waals surface area (Å²) in [6.45, 7) is 5.95. The van der Waals surface area contributed by atoms with Gasteiger partial charge in [-0.3, -0.25) is 33.6 Å². The number of primary amides is 1. The third-order valence-corrected chi connectivity index (χ3v) is 8.71. The predicted molar refractivity (Wildman–Crippen MR) is 194 cm³/mol. The molecule has 298 valence electrons. The first-order valence-corrected chi connectivity index (χ1v) is 17.5. The van der Waals surface area contributed by atoms with Crippen LogP contribution in [0.5, 0.6) is 0 Å². The molecule has 0 saturated carbocycles. The van der Waals surface area contributed by atoms with Crippen LogP contribution in [-0.4, -0.2) is 111 Å². The minimum atomic E-state index is -1.71. The number of nitrogens with one attached hydrogen (secondary N) is 6. The van der Waals surface area contributed by atoms with Crippen molar-refractivity contribution in [3.05, 3.63) is 36.0 Å². The van der Waals surface area contributed by atoms with E-state index in [2.05, 4.69) is 31.6 Å². The second-order valence-corrected chi connectivity index (χ2v) is 13.5. The molecule has 0 aliphatic heterocycles. The number of rotatable bonds is 23. The average Bonchev–Trinajstić information content (AvgIpc) is 3.52. The van der Waals surface area contributed by atoms with Crippen LogP contribution >= 0.6 is 0 Å². The average molecular weight is 761 g/mol. The number of hydrogen-bond donors (Lipinski definition) is 11. The molecule has 0 radical (unpaired) electrons. The summed E-state index contributed by atoms with van der Waals surface area (Å²) in [6, 6.07) is -1.45. The van der Waals surface area contributed by atoms with E-state index in [4.69, 9.17) is 16.6 Å². The molecule has 1 aromatic heterocycles. The molecule has 0 fully saturated rings. The lowest BCUT2D eigenvalue weighted by atomic mass is 9.96. The van der Waals surface area contributed by atoms with Crippen molar-refractivity contribution in [3.8, 4) is 0 Å². The number of benzene rings is 1. The molecule has 1 heterocycles. The van der Waals surface area contributed by atoms with Crippen molar-refractivity contribution in [2.75, 3.05) is 6.61 Å². The van der Waals surface area contributed by atoms with Crippen LogP contribution in [0.4, 0.5) is 0 Å². The van der Waals surface area contributed by atoms with E-state index < -0.39 is 103 Å². The quantitative estimate of drug-likeness (QED) is 0.0609. The van der Waals surface area contributed by atoms with Gasteiger partial charge in [0.2, 0.25) is 35.4 Å². The Kier molecular flexibility index (Phi) is 17.5. The molecule has 0 bridgehead atoms. The van der Waals surface area contributed by atoms with Gasteiger partial charge < -0.3 is 58.4 Å². The number of aromatic nitrogens is 1. The van der Waals surface area contributed by atoms with Gasteiger partial charge in [-0.05, 0) is 36.3 Å². The molecule has 2 aromatic rings. The monoisotopic (exact) mass is 760 g/mol. The first kappa shape index (κ1) is 44.6. The van der Waals surface area contributed by atoms with E-state index in [1.165, 1.54) is 0 Å². The second kappa shape index (κ2) is 21.2. The number of carbonyl (C=O) groups is 8.